The van der Waals surface area contributed by atoms with E-state index < -0.39 is 41.5 Å². The minimum absolute atomic E-state index is 0. The summed E-state index contributed by atoms with van der Waals surface area (Å²) in [5.74, 6) is -1.69. The average molecular weight is 912 g/mol. The van der Waals surface area contributed by atoms with Gasteiger partial charge in [-0.05, 0) is 60.0 Å². The second kappa shape index (κ2) is 17.1. The number of aromatic hydroxyl groups is 2. The normalized spacial score (nSPS) is 11.7. The molecule has 0 fully saturated rings. The molecule has 0 aliphatic heterocycles. The van der Waals surface area contributed by atoms with E-state index in [2.05, 4.69) is 20.5 Å². The Morgan fingerprint density at radius 1 is 0.545 bits per heavy atom. The summed E-state index contributed by atoms with van der Waals surface area (Å²) in [5.41, 5.74) is 0.478. The summed E-state index contributed by atoms with van der Waals surface area (Å²) >= 11 is 0. The Hall–Kier alpha value is -5.17. The molecule has 6 rings (SSSR count). The Bertz CT molecular complexity index is 2610. The van der Waals surface area contributed by atoms with Gasteiger partial charge in [0.15, 0.2) is 22.9 Å². The summed E-state index contributed by atoms with van der Waals surface area (Å²) in [7, 11) is -9.92. The smallest absolute Gasteiger partial charge is 0.744 e. The van der Waals surface area contributed by atoms with Crippen molar-refractivity contribution < 1.29 is 56.4 Å². The maximum Gasteiger partial charge on any atom is 2.00 e. The molecule has 0 bridgehead atoms. The van der Waals surface area contributed by atoms with Gasteiger partial charge < -0.3 is 19.3 Å². The predicted octanol–water partition coefficient (Wildman–Crippen LogP) is 7.57. The molecule has 0 atom stereocenters. The number of hydrogen-bond acceptors (Lipinski definition) is 14. The van der Waals surface area contributed by atoms with Crippen molar-refractivity contribution in [2.45, 2.75) is 23.6 Å². The van der Waals surface area contributed by atoms with E-state index in [1.807, 2.05) is 0 Å². The number of nitrogens with zero attached hydrogens (tertiary/aromatic N) is 6. The van der Waals surface area contributed by atoms with E-state index >= 15 is 0 Å². The molecule has 0 saturated heterocycles. The van der Waals surface area contributed by atoms with Gasteiger partial charge >= 0.3 is 60.3 Å². The van der Waals surface area contributed by atoms with Crippen LogP contribution >= 0.6 is 0 Å². The number of phenols is 2. The van der Waals surface area contributed by atoms with Crippen LogP contribution in [0.3, 0.4) is 0 Å². The summed E-state index contributed by atoms with van der Waals surface area (Å²) in [6.07, 6.45) is 0. The molecule has 0 aliphatic carbocycles. The Morgan fingerprint density at radius 2 is 0.891 bits per heavy atom. The summed E-state index contributed by atoms with van der Waals surface area (Å²) in [6.45, 7) is 3.41. The number of benzene rings is 6. The van der Waals surface area contributed by atoms with E-state index in [4.69, 9.17) is 0 Å². The summed E-state index contributed by atoms with van der Waals surface area (Å²) in [4.78, 5) is 20.2. The van der Waals surface area contributed by atoms with Gasteiger partial charge in [-0.3, -0.25) is 0 Å². The molecule has 4 N–H and O–H groups in total. The Labute approximate surface area is 351 Å². The first-order chi connectivity index (χ1) is 25.4. The van der Waals surface area contributed by atoms with Crippen LogP contribution < -0.4 is 0 Å². The van der Waals surface area contributed by atoms with Gasteiger partial charge in [0, 0.05) is 22.9 Å². The third-order valence-corrected chi connectivity index (χ3v) is 9.35. The van der Waals surface area contributed by atoms with E-state index in [0.717, 1.165) is 12.1 Å². The number of phenolic OH excluding ortho intramolecular Hbond substituents is 2. The Morgan fingerprint density at radius 3 is 1.22 bits per heavy atom. The van der Waals surface area contributed by atoms with Crippen LogP contribution in [0, 0.1) is 23.7 Å². The van der Waals surface area contributed by atoms with Crippen molar-refractivity contribution in [2.75, 3.05) is 0 Å². The van der Waals surface area contributed by atoms with E-state index in [-0.39, 0.29) is 92.9 Å². The fourth-order valence-corrected chi connectivity index (χ4v) is 6.33. The molecule has 276 valence electrons. The fraction of sp³-hybridized carbons (Fsp3) is 0.0588. The molecule has 0 saturated carbocycles. The third kappa shape index (κ3) is 9.75. The molecule has 0 aromatic heterocycles. The molecule has 0 aliphatic rings. The number of aryl methyl sites for hydroxylation is 2. The molecule has 6 aromatic rings. The zero-order chi connectivity index (χ0) is 39.5. The van der Waals surface area contributed by atoms with Gasteiger partial charge in [0.1, 0.15) is 31.6 Å². The minimum Gasteiger partial charge on any atom is -0.744 e. The van der Waals surface area contributed by atoms with Crippen LogP contribution in [0.25, 0.3) is 21.5 Å². The SMILES string of the molecule is Cc1ccc(N=Nc2c(O)c(S(=O)(=O)[O-])cc3ccccc23)c([N+](=O)O)c1.Cc1ccc(N=Nc2c(O)c(S(=O)(=O)[O-])cc3ccccc23)c([N+](=O)O)c1.[Ba+2]. The number of hydrogen-bond donors (Lipinski definition) is 4. The van der Waals surface area contributed by atoms with Crippen LogP contribution in [0.2, 0.25) is 0 Å². The molecular formula is C34H26BaN6O12S2+2. The maximum atomic E-state index is 11.4. The van der Waals surface area contributed by atoms with E-state index in [1.165, 1.54) is 24.3 Å². The van der Waals surface area contributed by atoms with Gasteiger partial charge in [0.05, 0.1) is 19.6 Å². The fourth-order valence-electron chi connectivity index (χ4n) is 5.12. The van der Waals surface area contributed by atoms with Crippen LogP contribution in [0.4, 0.5) is 34.1 Å². The second-order valence-corrected chi connectivity index (χ2v) is 14.1. The zero-order valence-corrected chi connectivity index (χ0v) is 34.6. The first-order valence-electron chi connectivity index (χ1n) is 15.1. The first kappa shape index (κ1) is 42.6. The molecule has 0 radical (unpaired) electrons. The molecule has 0 unspecified atom stereocenters. The maximum absolute atomic E-state index is 11.4. The van der Waals surface area contributed by atoms with Crippen LogP contribution in [-0.4, -0.2) is 105 Å². The zero-order valence-electron chi connectivity index (χ0n) is 28.5. The van der Waals surface area contributed by atoms with Crippen LogP contribution in [0.1, 0.15) is 11.1 Å². The number of fused-ring (bicyclic) bond motifs is 2. The molecule has 55 heavy (non-hydrogen) atoms. The van der Waals surface area contributed by atoms with Crippen molar-refractivity contribution in [3.8, 4) is 11.5 Å². The topological polar surface area (TPSA) is 285 Å². The first-order valence-corrected chi connectivity index (χ1v) is 18.0. The van der Waals surface area contributed by atoms with E-state index in [9.17, 15) is 56.4 Å². The second-order valence-electron chi connectivity index (χ2n) is 11.4. The largest absolute Gasteiger partial charge is 2.00 e. The van der Waals surface area contributed by atoms with Gasteiger partial charge in [-0.15, -0.1) is 20.5 Å². The number of rotatable bonds is 8. The molecule has 6 aromatic carbocycles. The standard InChI is InChI=1S/2C17H13N3O6S.Ba/c2*1-10-6-7-13(14(8-10)20(22)23)18-19-16-12-5-3-2-4-11(12)9-15(17(16)21)27(24,25)26;/h2*2-9H,1H3,(H2-,18,21,22,23,24,25,26);/q;;+2. The van der Waals surface area contributed by atoms with Crippen LogP contribution in [0.5, 0.6) is 11.5 Å². The molecule has 18 nitrogen and oxygen atoms in total. The molecule has 0 spiro atoms. The monoisotopic (exact) mass is 912 g/mol. The summed E-state index contributed by atoms with van der Waals surface area (Å²) in [5, 5.41) is 55.7. The van der Waals surface area contributed by atoms with Crippen molar-refractivity contribution in [3.63, 3.8) is 0 Å². The molecular weight excluding hydrogens is 886 g/mol. The van der Waals surface area contributed by atoms with E-state index in [1.54, 1.807) is 74.5 Å². The van der Waals surface area contributed by atoms with Gasteiger partial charge in [-0.25, -0.2) is 27.3 Å². The van der Waals surface area contributed by atoms with Crippen LogP contribution in [0.15, 0.2) is 127 Å². The minimum atomic E-state index is -4.96. The van der Waals surface area contributed by atoms with E-state index in [0.29, 0.717) is 32.7 Å². The third-order valence-electron chi connectivity index (χ3n) is 7.65. The number of azo groups is 2. The quantitative estimate of drug-likeness (QED) is 0.0498. The summed E-state index contributed by atoms with van der Waals surface area (Å²) in [6, 6.07) is 23.7. The van der Waals surface area contributed by atoms with Crippen molar-refractivity contribution >= 4 is 125 Å². The molecule has 0 amide bonds. The van der Waals surface area contributed by atoms with Crippen molar-refractivity contribution in [1.29, 1.82) is 0 Å². The Balaban J connectivity index is 0.000000240. The predicted molar refractivity (Wildman–Crippen MR) is 194 cm³/mol. The molecule has 0 heterocycles. The van der Waals surface area contributed by atoms with Crippen molar-refractivity contribution in [1.82, 2.24) is 0 Å². The van der Waals surface area contributed by atoms with Crippen LogP contribution in [-0.2, 0) is 20.2 Å². The van der Waals surface area contributed by atoms with Gasteiger partial charge in [0.25, 0.3) is 9.85 Å². The average Bonchev–Trinajstić information content (AvgIpc) is 3.10. The summed E-state index contributed by atoms with van der Waals surface area (Å²) < 4.78 is 68.6. The van der Waals surface area contributed by atoms with Gasteiger partial charge in [0.2, 0.25) is 0 Å². The van der Waals surface area contributed by atoms with Crippen molar-refractivity contribution in [3.05, 3.63) is 118 Å². The van der Waals surface area contributed by atoms with Gasteiger partial charge in [-0.2, -0.15) is 0 Å². The van der Waals surface area contributed by atoms with Crippen molar-refractivity contribution in [2.24, 2.45) is 20.5 Å². The van der Waals surface area contributed by atoms with Gasteiger partial charge in [-0.1, -0.05) is 60.7 Å². The molecule has 21 heteroatoms. The Kier molecular flexibility index (Phi) is 13.2.